The Morgan fingerprint density at radius 3 is 2.27 bits per heavy atom. The molecule has 0 N–H and O–H groups in total. The summed E-state index contributed by atoms with van der Waals surface area (Å²) in [5.74, 6) is -4.91. The van der Waals surface area contributed by atoms with E-state index >= 15 is 0 Å². The third-order valence-corrected chi connectivity index (χ3v) is 4.54. The lowest BCUT2D eigenvalue weighted by molar-refractivity contribution is 0.0935. The SMILES string of the molecule is O=C1c2cc(F)c(F)cc2CC1Cc1cc(F)c(F)cc1Br. The van der Waals surface area contributed by atoms with Crippen LogP contribution in [0.5, 0.6) is 0 Å². The summed E-state index contributed by atoms with van der Waals surface area (Å²) >= 11 is 3.13. The van der Waals surface area contributed by atoms with Crippen LogP contribution in [0.15, 0.2) is 28.7 Å². The summed E-state index contributed by atoms with van der Waals surface area (Å²) in [6.07, 6.45) is 0.408. The highest BCUT2D eigenvalue weighted by molar-refractivity contribution is 9.10. The van der Waals surface area contributed by atoms with Crippen molar-refractivity contribution >= 4 is 21.7 Å². The molecule has 1 unspecified atom stereocenters. The minimum absolute atomic E-state index is 0.155. The average molecular weight is 373 g/mol. The molecule has 0 saturated heterocycles. The third-order valence-electron chi connectivity index (χ3n) is 3.80. The lowest BCUT2D eigenvalue weighted by Gasteiger charge is -2.10. The highest BCUT2D eigenvalue weighted by Crippen LogP contribution is 2.33. The van der Waals surface area contributed by atoms with Crippen LogP contribution in [-0.4, -0.2) is 5.78 Å². The van der Waals surface area contributed by atoms with E-state index in [0.29, 0.717) is 15.6 Å². The number of benzene rings is 2. The molecular formula is C16H9BrF4O. The van der Waals surface area contributed by atoms with Crippen molar-refractivity contribution in [2.45, 2.75) is 12.8 Å². The summed E-state index contributed by atoms with van der Waals surface area (Å²) in [5, 5.41) is 0. The van der Waals surface area contributed by atoms with Gasteiger partial charge in [-0.3, -0.25) is 4.79 Å². The van der Waals surface area contributed by atoms with Crippen molar-refractivity contribution in [1.29, 1.82) is 0 Å². The van der Waals surface area contributed by atoms with Crippen LogP contribution >= 0.6 is 15.9 Å². The molecule has 1 aliphatic rings. The molecule has 2 aromatic rings. The van der Waals surface area contributed by atoms with Gasteiger partial charge in [-0.2, -0.15) is 0 Å². The van der Waals surface area contributed by atoms with Crippen molar-refractivity contribution in [2.75, 3.05) is 0 Å². The van der Waals surface area contributed by atoms with Gasteiger partial charge in [0.05, 0.1) is 0 Å². The van der Waals surface area contributed by atoms with Crippen LogP contribution in [0.2, 0.25) is 0 Å². The lowest BCUT2D eigenvalue weighted by atomic mass is 9.95. The molecule has 0 spiro atoms. The van der Waals surface area contributed by atoms with Gasteiger partial charge in [0.2, 0.25) is 0 Å². The maximum Gasteiger partial charge on any atom is 0.166 e. The van der Waals surface area contributed by atoms with Gasteiger partial charge in [0, 0.05) is 16.0 Å². The Balaban J connectivity index is 1.90. The van der Waals surface area contributed by atoms with E-state index < -0.39 is 29.2 Å². The first-order valence-electron chi connectivity index (χ1n) is 6.52. The third kappa shape index (κ3) is 2.56. The molecule has 0 bridgehead atoms. The Bertz CT molecular complexity index is 788. The predicted molar refractivity (Wildman–Crippen MR) is 75.6 cm³/mol. The highest BCUT2D eigenvalue weighted by Gasteiger charge is 2.32. The second kappa shape index (κ2) is 5.50. The van der Waals surface area contributed by atoms with Crippen molar-refractivity contribution in [3.8, 4) is 0 Å². The minimum Gasteiger partial charge on any atom is -0.294 e. The van der Waals surface area contributed by atoms with Gasteiger partial charge >= 0.3 is 0 Å². The van der Waals surface area contributed by atoms with Crippen LogP contribution in [-0.2, 0) is 12.8 Å². The largest absolute Gasteiger partial charge is 0.294 e. The first-order chi connectivity index (χ1) is 10.4. The van der Waals surface area contributed by atoms with Gasteiger partial charge in [-0.05, 0) is 48.2 Å². The van der Waals surface area contributed by atoms with Crippen LogP contribution in [0.3, 0.4) is 0 Å². The number of ketones is 1. The van der Waals surface area contributed by atoms with Gasteiger partial charge in [-0.25, -0.2) is 17.6 Å². The number of hydrogen-bond acceptors (Lipinski definition) is 1. The number of carbonyl (C=O) groups is 1. The van der Waals surface area contributed by atoms with E-state index in [0.717, 1.165) is 24.3 Å². The number of fused-ring (bicyclic) bond motifs is 1. The summed E-state index contributed by atoms with van der Waals surface area (Å²) in [7, 11) is 0. The fourth-order valence-electron chi connectivity index (χ4n) is 2.71. The molecule has 6 heteroatoms. The van der Waals surface area contributed by atoms with Gasteiger partial charge in [0.15, 0.2) is 29.1 Å². The van der Waals surface area contributed by atoms with Gasteiger partial charge in [-0.15, -0.1) is 0 Å². The van der Waals surface area contributed by atoms with E-state index in [1.807, 2.05) is 0 Å². The molecule has 0 radical (unpaired) electrons. The predicted octanol–water partition coefficient (Wildman–Crippen LogP) is 4.60. The van der Waals surface area contributed by atoms with Crippen molar-refractivity contribution in [3.63, 3.8) is 0 Å². The van der Waals surface area contributed by atoms with Crippen molar-refractivity contribution < 1.29 is 22.4 Å². The topological polar surface area (TPSA) is 17.1 Å². The quantitative estimate of drug-likeness (QED) is 0.556. The fraction of sp³-hybridized carbons (Fsp3) is 0.188. The van der Waals surface area contributed by atoms with Crippen molar-refractivity contribution in [3.05, 3.63) is 68.7 Å². The molecule has 0 heterocycles. The Morgan fingerprint density at radius 1 is 0.955 bits per heavy atom. The van der Waals surface area contributed by atoms with Gasteiger partial charge in [-0.1, -0.05) is 15.9 Å². The van der Waals surface area contributed by atoms with Crippen LogP contribution in [0.25, 0.3) is 0 Å². The van der Waals surface area contributed by atoms with Crippen molar-refractivity contribution in [2.24, 2.45) is 5.92 Å². The van der Waals surface area contributed by atoms with Gasteiger partial charge in [0.1, 0.15) is 0 Å². The van der Waals surface area contributed by atoms with E-state index in [-0.39, 0.29) is 24.2 Å². The molecule has 0 aliphatic heterocycles. The molecule has 1 atom stereocenters. The zero-order chi connectivity index (χ0) is 16.0. The number of Topliss-reactive ketones (excluding diaryl/α,β-unsaturated/α-hetero) is 1. The normalized spacial score (nSPS) is 17.0. The maximum atomic E-state index is 13.3. The number of halogens is 5. The first-order valence-corrected chi connectivity index (χ1v) is 7.31. The Labute approximate surface area is 132 Å². The van der Waals surface area contributed by atoms with E-state index in [4.69, 9.17) is 0 Å². The molecule has 3 rings (SSSR count). The van der Waals surface area contributed by atoms with Crippen LogP contribution < -0.4 is 0 Å². The Kier molecular flexibility index (Phi) is 3.80. The molecule has 0 aromatic heterocycles. The number of hydrogen-bond donors (Lipinski definition) is 0. The zero-order valence-corrected chi connectivity index (χ0v) is 12.7. The van der Waals surface area contributed by atoms with Gasteiger partial charge in [0.25, 0.3) is 0 Å². The number of rotatable bonds is 2. The van der Waals surface area contributed by atoms with E-state index in [9.17, 15) is 22.4 Å². The summed E-state index contributed by atoms with van der Waals surface area (Å²) in [6, 6.07) is 3.93. The number of carbonyl (C=O) groups excluding carboxylic acids is 1. The maximum absolute atomic E-state index is 13.3. The Hall–Kier alpha value is -1.69. The summed E-state index contributed by atoms with van der Waals surface area (Å²) in [5.41, 5.74) is 1.03. The van der Waals surface area contributed by atoms with E-state index in [2.05, 4.69) is 15.9 Å². The summed E-state index contributed by atoms with van der Waals surface area (Å²) in [6.45, 7) is 0. The summed E-state index contributed by atoms with van der Waals surface area (Å²) < 4.78 is 53.2. The van der Waals surface area contributed by atoms with Crippen LogP contribution in [0.1, 0.15) is 21.5 Å². The molecule has 22 heavy (non-hydrogen) atoms. The van der Waals surface area contributed by atoms with Crippen LogP contribution in [0.4, 0.5) is 17.6 Å². The molecule has 1 nitrogen and oxygen atoms in total. The smallest absolute Gasteiger partial charge is 0.166 e. The van der Waals surface area contributed by atoms with Crippen molar-refractivity contribution in [1.82, 2.24) is 0 Å². The van der Waals surface area contributed by atoms with E-state index in [1.54, 1.807) is 0 Å². The summed E-state index contributed by atoms with van der Waals surface area (Å²) in [4.78, 5) is 12.3. The molecule has 0 fully saturated rings. The molecule has 0 amide bonds. The van der Waals surface area contributed by atoms with Crippen LogP contribution in [0, 0.1) is 29.2 Å². The first kappa shape index (κ1) is 15.2. The standard InChI is InChI=1S/C16H9BrF4O/c17-11-6-15(21)13(19)4-8(11)2-9-1-7-3-12(18)14(20)5-10(7)16(9)22/h3-6,9H,1-2H2. The fourth-order valence-corrected chi connectivity index (χ4v) is 3.19. The molecule has 0 saturated carbocycles. The monoisotopic (exact) mass is 372 g/mol. The molecule has 114 valence electrons. The molecule has 2 aromatic carbocycles. The Morgan fingerprint density at radius 2 is 1.55 bits per heavy atom. The molecular weight excluding hydrogens is 364 g/mol. The van der Waals surface area contributed by atoms with Gasteiger partial charge < -0.3 is 0 Å². The second-order valence-electron chi connectivity index (χ2n) is 5.25. The zero-order valence-electron chi connectivity index (χ0n) is 11.1. The minimum atomic E-state index is -1.07. The highest BCUT2D eigenvalue weighted by atomic mass is 79.9. The average Bonchev–Trinajstić information content (AvgIpc) is 2.73. The lowest BCUT2D eigenvalue weighted by Crippen LogP contribution is -2.13. The molecule has 1 aliphatic carbocycles. The van der Waals surface area contributed by atoms with E-state index in [1.165, 1.54) is 0 Å². The second-order valence-corrected chi connectivity index (χ2v) is 6.10.